The van der Waals surface area contributed by atoms with Gasteiger partial charge in [0.2, 0.25) is 5.91 Å². The first-order valence-corrected chi connectivity index (χ1v) is 12.5. The fourth-order valence-electron chi connectivity index (χ4n) is 4.20. The number of rotatable bonds is 6. The Hall–Kier alpha value is -3.30. The van der Waals surface area contributed by atoms with Crippen LogP contribution in [0, 0.1) is 0 Å². The number of aromatic nitrogens is 4. The zero-order chi connectivity index (χ0) is 23.5. The van der Waals surface area contributed by atoms with Gasteiger partial charge in [0.05, 0.1) is 5.75 Å². The smallest absolute Gasteiger partial charge is 0.321 e. The van der Waals surface area contributed by atoms with Gasteiger partial charge in [0.1, 0.15) is 0 Å². The van der Waals surface area contributed by atoms with Crippen LogP contribution in [-0.2, 0) is 4.79 Å². The number of hydrogen-bond acceptors (Lipinski definition) is 5. The lowest BCUT2D eigenvalue weighted by Crippen LogP contribution is -2.44. The van der Waals surface area contributed by atoms with Crippen molar-refractivity contribution in [2.75, 3.05) is 5.75 Å². The average Bonchev–Trinajstić information content (AvgIpc) is 3.58. The van der Waals surface area contributed by atoms with Crippen molar-refractivity contribution in [2.45, 2.75) is 36.9 Å². The Morgan fingerprint density at radius 2 is 1.85 bits per heavy atom. The Morgan fingerprint density at radius 1 is 1.09 bits per heavy atom. The van der Waals surface area contributed by atoms with Gasteiger partial charge in [-0.3, -0.25) is 14.7 Å². The van der Waals surface area contributed by atoms with Crippen LogP contribution in [0.4, 0.5) is 4.79 Å². The second kappa shape index (κ2) is 9.90. The van der Waals surface area contributed by atoms with E-state index >= 15 is 0 Å². The summed E-state index contributed by atoms with van der Waals surface area (Å²) < 4.78 is 1.89. The third-order valence-electron chi connectivity index (χ3n) is 5.82. The van der Waals surface area contributed by atoms with E-state index in [1.54, 1.807) is 12.1 Å². The summed E-state index contributed by atoms with van der Waals surface area (Å²) in [6.07, 6.45) is 6.02. The number of carbonyl (C=O) groups is 2. The Bertz CT molecular complexity index is 1330. The highest BCUT2D eigenvalue weighted by Crippen LogP contribution is 2.32. The van der Waals surface area contributed by atoms with E-state index in [9.17, 15) is 9.59 Å². The summed E-state index contributed by atoms with van der Waals surface area (Å²) in [5.41, 5.74) is 2.70. The Morgan fingerprint density at radius 3 is 2.65 bits per heavy atom. The van der Waals surface area contributed by atoms with Gasteiger partial charge in [-0.1, -0.05) is 54.4 Å². The topological polar surface area (TPSA) is 105 Å². The number of aromatic amines is 1. The summed E-state index contributed by atoms with van der Waals surface area (Å²) in [4.78, 5) is 27.8. The Labute approximate surface area is 205 Å². The zero-order valence-electron chi connectivity index (χ0n) is 18.3. The number of fused-ring (bicyclic) bond motifs is 1. The van der Waals surface area contributed by atoms with Gasteiger partial charge in [-0.15, -0.1) is 10.2 Å². The quantitative estimate of drug-likeness (QED) is 0.330. The van der Waals surface area contributed by atoms with Gasteiger partial charge < -0.3 is 10.3 Å². The van der Waals surface area contributed by atoms with Crippen LogP contribution in [0.1, 0.15) is 25.7 Å². The van der Waals surface area contributed by atoms with Crippen LogP contribution in [0.3, 0.4) is 0 Å². The normalized spacial score (nSPS) is 13.9. The monoisotopic (exact) mass is 494 g/mol. The summed E-state index contributed by atoms with van der Waals surface area (Å²) in [6.45, 7) is 0. The predicted octanol–water partition coefficient (Wildman–Crippen LogP) is 4.93. The number of para-hydroxylation sites is 1. The lowest BCUT2D eigenvalue weighted by Gasteiger charge is -2.12. The third kappa shape index (κ3) is 4.80. The maximum atomic E-state index is 12.4. The predicted molar refractivity (Wildman–Crippen MR) is 133 cm³/mol. The molecule has 2 aromatic heterocycles. The highest BCUT2D eigenvalue weighted by molar-refractivity contribution is 7.99. The van der Waals surface area contributed by atoms with Crippen molar-refractivity contribution in [3.8, 4) is 17.1 Å². The Balaban J connectivity index is 1.38. The number of imide groups is 1. The minimum Gasteiger partial charge on any atom is -0.360 e. The first-order chi connectivity index (χ1) is 16.6. The number of H-pyrrole nitrogens is 1. The molecular formula is C24H23ClN6O2S. The molecule has 0 radical (unpaired) electrons. The number of urea groups is 1. The molecule has 174 valence electrons. The summed E-state index contributed by atoms with van der Waals surface area (Å²) in [5, 5.41) is 16.2. The van der Waals surface area contributed by atoms with Crippen LogP contribution < -0.4 is 10.6 Å². The SMILES string of the molecule is O=C(CSc1nnc(-c2c[nH]c3ccccc23)n1-c1ccc(Cl)cc1)NC(=O)NC1CCCC1. The molecule has 0 bridgehead atoms. The molecule has 2 heterocycles. The van der Waals surface area contributed by atoms with Gasteiger partial charge in [-0.05, 0) is 43.2 Å². The summed E-state index contributed by atoms with van der Waals surface area (Å²) in [7, 11) is 0. The maximum Gasteiger partial charge on any atom is 0.321 e. The second-order valence-corrected chi connectivity index (χ2v) is 9.54. The molecule has 0 spiro atoms. The minimum atomic E-state index is -0.448. The second-order valence-electron chi connectivity index (χ2n) is 8.16. The molecule has 1 aliphatic carbocycles. The lowest BCUT2D eigenvalue weighted by molar-refractivity contribution is -0.117. The molecule has 5 rings (SSSR count). The van der Waals surface area contributed by atoms with Crippen molar-refractivity contribution >= 4 is 46.2 Å². The third-order valence-corrected chi connectivity index (χ3v) is 7.00. The van der Waals surface area contributed by atoms with Gasteiger partial charge in [-0.2, -0.15) is 0 Å². The van der Waals surface area contributed by atoms with Crippen molar-refractivity contribution in [2.24, 2.45) is 0 Å². The standard InChI is InChI=1S/C24H23ClN6O2S/c25-15-9-11-17(12-10-15)31-22(19-13-26-20-8-4-3-7-18(19)20)29-30-24(31)34-14-21(32)28-23(33)27-16-5-1-2-6-16/h3-4,7-13,16,26H,1-2,5-6,14H2,(H2,27,28,32,33). The molecule has 3 amide bonds. The average molecular weight is 495 g/mol. The van der Waals surface area contributed by atoms with Gasteiger partial charge in [0.25, 0.3) is 0 Å². The molecule has 34 heavy (non-hydrogen) atoms. The first-order valence-electron chi connectivity index (χ1n) is 11.1. The molecule has 3 N–H and O–H groups in total. The van der Waals surface area contributed by atoms with E-state index in [-0.39, 0.29) is 17.7 Å². The van der Waals surface area contributed by atoms with Crippen LogP contribution in [-0.4, -0.2) is 43.5 Å². The molecule has 0 unspecified atom stereocenters. The van der Waals surface area contributed by atoms with Crippen molar-refractivity contribution in [3.63, 3.8) is 0 Å². The molecule has 0 atom stereocenters. The number of thioether (sulfide) groups is 1. The fraction of sp³-hybridized carbons (Fsp3) is 0.250. The number of carbonyl (C=O) groups excluding carboxylic acids is 2. The van der Waals surface area contributed by atoms with Crippen LogP contribution in [0.25, 0.3) is 28.0 Å². The number of amides is 3. The summed E-state index contributed by atoms with van der Waals surface area (Å²) >= 11 is 7.32. The van der Waals surface area contributed by atoms with E-state index in [0.29, 0.717) is 16.0 Å². The van der Waals surface area contributed by atoms with E-state index in [4.69, 9.17) is 11.6 Å². The van der Waals surface area contributed by atoms with Crippen molar-refractivity contribution in [1.82, 2.24) is 30.4 Å². The van der Waals surface area contributed by atoms with Gasteiger partial charge in [0.15, 0.2) is 11.0 Å². The largest absolute Gasteiger partial charge is 0.360 e. The molecule has 1 saturated carbocycles. The van der Waals surface area contributed by atoms with Crippen LogP contribution in [0.15, 0.2) is 59.9 Å². The number of benzene rings is 2. The number of nitrogens with one attached hydrogen (secondary N) is 3. The van der Waals surface area contributed by atoms with E-state index in [2.05, 4.69) is 25.8 Å². The molecule has 1 aliphatic rings. The van der Waals surface area contributed by atoms with E-state index in [0.717, 1.165) is 47.8 Å². The molecule has 1 fully saturated rings. The molecule has 8 nitrogen and oxygen atoms in total. The molecular weight excluding hydrogens is 472 g/mol. The highest BCUT2D eigenvalue weighted by atomic mass is 35.5. The van der Waals surface area contributed by atoms with Crippen molar-refractivity contribution in [3.05, 3.63) is 59.8 Å². The fourth-order valence-corrected chi connectivity index (χ4v) is 5.08. The lowest BCUT2D eigenvalue weighted by atomic mass is 10.1. The van der Waals surface area contributed by atoms with Gasteiger partial charge in [-0.25, -0.2) is 4.79 Å². The number of nitrogens with zero attached hydrogens (tertiary/aromatic N) is 3. The molecule has 0 aliphatic heterocycles. The summed E-state index contributed by atoms with van der Waals surface area (Å²) in [5.74, 6) is 0.277. The molecule has 2 aromatic carbocycles. The zero-order valence-corrected chi connectivity index (χ0v) is 19.8. The van der Waals surface area contributed by atoms with Crippen molar-refractivity contribution in [1.29, 1.82) is 0 Å². The highest BCUT2D eigenvalue weighted by Gasteiger charge is 2.21. The minimum absolute atomic E-state index is 0.0255. The number of halogens is 1. The van der Waals surface area contributed by atoms with Crippen LogP contribution >= 0.6 is 23.4 Å². The Kier molecular flexibility index (Phi) is 6.55. The molecule has 4 aromatic rings. The molecule has 0 saturated heterocycles. The van der Waals surface area contributed by atoms with Crippen LogP contribution in [0.2, 0.25) is 5.02 Å². The van der Waals surface area contributed by atoms with Gasteiger partial charge in [0, 0.05) is 39.4 Å². The van der Waals surface area contributed by atoms with Crippen molar-refractivity contribution < 1.29 is 9.59 Å². The van der Waals surface area contributed by atoms with Gasteiger partial charge >= 0.3 is 6.03 Å². The summed E-state index contributed by atoms with van der Waals surface area (Å²) in [6, 6.07) is 15.0. The van der Waals surface area contributed by atoms with E-state index in [1.165, 1.54) is 11.8 Å². The number of hydrogen-bond donors (Lipinski definition) is 3. The van der Waals surface area contributed by atoms with E-state index < -0.39 is 6.03 Å². The van der Waals surface area contributed by atoms with E-state index in [1.807, 2.05) is 47.2 Å². The molecule has 10 heteroatoms. The first kappa shape index (κ1) is 22.5. The maximum absolute atomic E-state index is 12.4. The van der Waals surface area contributed by atoms with Crippen LogP contribution in [0.5, 0.6) is 0 Å².